The van der Waals surface area contributed by atoms with Crippen LogP contribution < -0.4 is 89.2 Å². The van der Waals surface area contributed by atoms with Gasteiger partial charge in [0.05, 0.1) is 0 Å². The van der Waals surface area contributed by atoms with Crippen LogP contribution in [0.25, 0.3) is 6.08 Å². The average Bonchev–Trinajstić information content (AvgIpc) is 3.20. The summed E-state index contributed by atoms with van der Waals surface area (Å²) >= 11 is 0. The van der Waals surface area contributed by atoms with Crippen molar-refractivity contribution < 1.29 is 38.7 Å². The van der Waals surface area contributed by atoms with Crippen molar-refractivity contribution in [2.24, 2.45) is 82.3 Å². The van der Waals surface area contributed by atoms with Crippen molar-refractivity contribution in [2.75, 3.05) is 0 Å². The maximum absolute atomic E-state index is 13.7. The molecule has 7 unspecified atom stereocenters. The molecule has 2 aromatic rings. The fraction of sp³-hybridized carbons (Fsp3) is 0.212. The number of carbonyl (C=O) groups is 7. The van der Waals surface area contributed by atoms with Crippen LogP contribution in [0.5, 0.6) is 0 Å². The Labute approximate surface area is 351 Å². The lowest BCUT2D eigenvalue weighted by Gasteiger charge is -2.24. The van der Waals surface area contributed by atoms with Crippen LogP contribution in [0.1, 0.15) is 17.2 Å². The molecule has 0 saturated heterocycles. The Kier molecular flexibility index (Phi) is 19.2. The molecule has 0 aliphatic heterocycles. The van der Waals surface area contributed by atoms with Crippen molar-refractivity contribution in [1.82, 2.24) is 31.9 Å². The molecule has 0 saturated carbocycles. The number of carbonyl (C=O) groups excluding carboxylic acids is 7. The average molecular weight is 866 g/mol. The molecule has 7 atom stereocenters. The highest BCUT2D eigenvalue weighted by atomic mass is 16.3. The van der Waals surface area contributed by atoms with E-state index in [4.69, 9.17) is 57.3 Å². The number of benzene rings is 2. The van der Waals surface area contributed by atoms with Crippen molar-refractivity contribution >= 4 is 77.5 Å². The van der Waals surface area contributed by atoms with Gasteiger partial charge in [-0.1, -0.05) is 66.7 Å². The Morgan fingerprint density at radius 1 is 0.500 bits per heavy atom. The van der Waals surface area contributed by atoms with Crippen LogP contribution in [0, 0.1) is 0 Å². The van der Waals surface area contributed by atoms with E-state index >= 15 is 0 Å². The van der Waals surface area contributed by atoms with Gasteiger partial charge in [-0.05, 0) is 17.2 Å². The zero-order valence-corrected chi connectivity index (χ0v) is 32.4. The molecule has 2 aromatic carbocycles. The van der Waals surface area contributed by atoms with E-state index in [0.29, 0.717) is 0 Å². The molecule has 29 nitrogen and oxygen atoms in total. The second kappa shape index (κ2) is 24.2. The number of allylic oxidation sites excluding steroid dienone is 1. The number of primary amides is 1. The molecule has 7 amide bonds. The summed E-state index contributed by atoms with van der Waals surface area (Å²) in [5, 5.41) is 22.9. The van der Waals surface area contributed by atoms with Crippen molar-refractivity contribution in [3.8, 4) is 0 Å². The van der Waals surface area contributed by atoms with E-state index in [0.717, 1.165) is 11.8 Å². The third-order valence-electron chi connectivity index (χ3n) is 7.14. The lowest BCUT2D eigenvalue weighted by molar-refractivity contribution is -0.136. The molecule has 2 rings (SSSR count). The molecule has 62 heavy (non-hydrogen) atoms. The maximum Gasteiger partial charge on any atom is 0.272 e. The van der Waals surface area contributed by atoms with Gasteiger partial charge in [0, 0.05) is 6.21 Å². The first-order valence-corrected chi connectivity index (χ1v) is 17.4. The van der Waals surface area contributed by atoms with Crippen LogP contribution in [0.3, 0.4) is 0 Å². The third-order valence-corrected chi connectivity index (χ3v) is 7.14. The highest BCUT2D eigenvalue weighted by Gasteiger charge is 2.34. The van der Waals surface area contributed by atoms with Gasteiger partial charge in [0.15, 0.2) is 30.0 Å². The summed E-state index contributed by atoms with van der Waals surface area (Å²) < 4.78 is 0. The van der Waals surface area contributed by atoms with Crippen LogP contribution in [0.15, 0.2) is 91.7 Å². The number of hydrogen-bond donors (Lipinski definition) is 17. The minimum atomic E-state index is -2.18. The normalized spacial score (nSPS) is 14.1. The summed E-state index contributed by atoms with van der Waals surface area (Å²) in [6, 6.07) is 14.9. The molecule has 0 aliphatic rings. The van der Waals surface area contributed by atoms with E-state index in [1.807, 2.05) is 39.5 Å². The molecule has 0 aromatic heterocycles. The minimum Gasteiger partial charge on any atom is -0.370 e. The number of nitrogens with one attached hydrogen (secondary N) is 6. The Morgan fingerprint density at radius 3 is 1.26 bits per heavy atom. The molecule has 29 heteroatoms. The molecule has 0 radical (unpaired) electrons. The van der Waals surface area contributed by atoms with Crippen molar-refractivity contribution in [3.05, 3.63) is 77.9 Å². The first-order chi connectivity index (χ1) is 29.2. The van der Waals surface area contributed by atoms with E-state index in [1.165, 1.54) is 30.3 Å². The lowest BCUT2D eigenvalue weighted by atomic mass is 10.1. The van der Waals surface area contributed by atoms with Gasteiger partial charge in [-0.3, -0.25) is 38.6 Å². The fourth-order valence-electron chi connectivity index (χ4n) is 4.46. The Morgan fingerprint density at radius 2 is 0.871 bits per heavy atom. The molecule has 332 valence electrons. The van der Waals surface area contributed by atoms with Crippen LogP contribution in [0.4, 0.5) is 0 Å². The van der Waals surface area contributed by atoms with Crippen LogP contribution in [-0.2, 0) is 33.6 Å². The highest BCUT2D eigenvalue weighted by Crippen LogP contribution is 2.14. The summed E-state index contributed by atoms with van der Waals surface area (Å²) in [5.41, 5.74) is 54.9. The lowest BCUT2D eigenvalue weighted by Crippen LogP contribution is -2.60. The fourth-order valence-corrected chi connectivity index (χ4v) is 4.46. The zero-order chi connectivity index (χ0) is 46.5. The largest absolute Gasteiger partial charge is 0.370 e. The molecule has 27 N–H and O–H groups in total. The first kappa shape index (κ1) is 49.3. The maximum atomic E-state index is 13.7. The monoisotopic (exact) mass is 865 g/mol. The van der Waals surface area contributed by atoms with Crippen molar-refractivity contribution in [3.63, 3.8) is 0 Å². The number of rotatable bonds is 21. The van der Waals surface area contributed by atoms with E-state index in [1.54, 1.807) is 24.3 Å². The van der Waals surface area contributed by atoms with Gasteiger partial charge >= 0.3 is 0 Å². The molecule has 0 bridgehead atoms. The molecule has 0 fully saturated rings. The second-order valence-electron chi connectivity index (χ2n) is 12.0. The summed E-state index contributed by atoms with van der Waals surface area (Å²) in [6.45, 7) is 0. The number of guanidine groups is 4. The number of hydrogen-bond acceptors (Lipinski definition) is 14. The zero-order valence-electron chi connectivity index (χ0n) is 32.4. The molecular weight excluding hydrogens is 819 g/mol. The SMILES string of the molecule is NC(=O)C(N)NC(=O)C(N=C(N)N)NC(=O)C(N=C(N)N)NC(=O)C(N=C(N)N)NC(=O)C(N=C(N)N)NC(=O)C(NC(=O)C(O)N=C/C=C\c1ccccc1)c1ccccc1. The summed E-state index contributed by atoms with van der Waals surface area (Å²) in [4.78, 5) is 109. The Hall–Kier alpha value is -8.86. The van der Waals surface area contributed by atoms with Gasteiger partial charge in [0.25, 0.3) is 35.4 Å². The summed E-state index contributed by atoms with van der Waals surface area (Å²) in [5.74, 6) is -12.0. The smallest absolute Gasteiger partial charge is 0.272 e. The van der Waals surface area contributed by atoms with Gasteiger partial charge in [0.2, 0.25) is 36.8 Å². The number of aliphatic hydroxyl groups excluding tert-OH is 1. The predicted octanol–water partition coefficient (Wildman–Crippen LogP) is -9.30. The molecule has 0 spiro atoms. The quantitative estimate of drug-likeness (QED) is 0.0315. The number of aliphatic hydroxyl groups is 1. The van der Waals surface area contributed by atoms with Gasteiger partial charge in [-0.2, -0.15) is 0 Å². The summed E-state index contributed by atoms with van der Waals surface area (Å²) in [6.07, 6.45) is -7.90. The first-order valence-electron chi connectivity index (χ1n) is 17.4. The standard InChI is InChI=1S/C33H47N21O8/c34-17(18(35)55)46-24(57)19(51-30(36)37)48-26(59)21(53-32(40)41)50-27(60)22(54-33(42)43)49-25(58)20(52-31(38)39)47-23(56)16(15-11-5-2-6-12-15)45-29(62)28(61)44-13-7-10-14-8-3-1-4-9-14/h1-13,16-17,19-22,28,61H,34H2,(H2,35,55)(H,45,62)(H,46,57)(H,47,56)(H,48,59)(H,49,58)(H,50,60)(H4,36,37,51)(H4,38,39,52)(H4,40,41,53)(H4,42,43,54)/b10-7-,44-13?. The molecule has 0 heterocycles. The topological polar surface area (TPSA) is 534 Å². The van der Waals surface area contributed by atoms with E-state index < -0.39 is 108 Å². The number of aliphatic imine (C=N–C) groups is 5. The van der Waals surface area contributed by atoms with Gasteiger partial charge in [0.1, 0.15) is 6.04 Å². The predicted molar refractivity (Wildman–Crippen MR) is 224 cm³/mol. The highest BCUT2D eigenvalue weighted by molar-refractivity contribution is 5.99. The van der Waals surface area contributed by atoms with Crippen molar-refractivity contribution in [2.45, 2.75) is 43.1 Å². The van der Waals surface area contributed by atoms with Crippen LogP contribution >= 0.6 is 0 Å². The number of nitrogens with zero attached hydrogens (tertiary/aromatic N) is 5. The second-order valence-corrected chi connectivity index (χ2v) is 12.0. The van der Waals surface area contributed by atoms with Gasteiger partial charge in [-0.25, -0.2) is 20.0 Å². The minimum absolute atomic E-state index is 0.152. The summed E-state index contributed by atoms with van der Waals surface area (Å²) in [7, 11) is 0. The number of nitrogens with two attached hydrogens (primary N) is 10. The van der Waals surface area contributed by atoms with E-state index in [-0.39, 0.29) is 5.56 Å². The van der Waals surface area contributed by atoms with Gasteiger partial charge < -0.3 is 94.3 Å². The number of amides is 7. The van der Waals surface area contributed by atoms with E-state index in [2.05, 4.69) is 35.6 Å². The third kappa shape index (κ3) is 17.3. The Balaban J connectivity index is 2.36. The van der Waals surface area contributed by atoms with Crippen molar-refractivity contribution in [1.29, 1.82) is 0 Å². The van der Waals surface area contributed by atoms with Crippen LogP contribution in [-0.4, -0.2) is 114 Å². The Bertz CT molecular complexity index is 2100. The molecular formula is C33H47N21O8. The van der Waals surface area contributed by atoms with Gasteiger partial charge in [-0.15, -0.1) is 0 Å². The van der Waals surface area contributed by atoms with Crippen LogP contribution in [0.2, 0.25) is 0 Å². The molecule has 0 aliphatic carbocycles. The van der Waals surface area contributed by atoms with E-state index in [9.17, 15) is 38.7 Å².